The van der Waals surface area contributed by atoms with Gasteiger partial charge in [0.15, 0.2) is 0 Å². The first kappa shape index (κ1) is 19.1. The maximum Gasteiger partial charge on any atom is 0.246 e. The largest absolute Gasteiger partial charge is 0.369 e. The van der Waals surface area contributed by atoms with Crippen LogP contribution < -0.4 is 10.2 Å². The SMILES string of the molecule is Cl.O=S(=O)(c1ccccc1F)N1Cc2cccc(N3CCNCC3)c2C1. The molecule has 8 heteroatoms. The average molecular weight is 398 g/mol. The second-order valence-electron chi connectivity index (χ2n) is 6.36. The number of anilines is 1. The van der Waals surface area contributed by atoms with Gasteiger partial charge in [0.05, 0.1) is 0 Å². The van der Waals surface area contributed by atoms with E-state index in [0.717, 1.165) is 43.0 Å². The van der Waals surface area contributed by atoms with Gasteiger partial charge in [-0.1, -0.05) is 24.3 Å². The van der Waals surface area contributed by atoms with Crippen LogP contribution in [0.2, 0.25) is 0 Å². The van der Waals surface area contributed by atoms with E-state index in [-0.39, 0.29) is 30.4 Å². The fraction of sp³-hybridized carbons (Fsp3) is 0.333. The van der Waals surface area contributed by atoms with E-state index in [2.05, 4.69) is 10.2 Å². The van der Waals surface area contributed by atoms with Gasteiger partial charge in [0.1, 0.15) is 10.7 Å². The second-order valence-corrected chi connectivity index (χ2v) is 8.26. The van der Waals surface area contributed by atoms with Gasteiger partial charge in [-0.05, 0) is 29.3 Å². The Hall–Kier alpha value is -1.67. The predicted octanol–water partition coefficient (Wildman–Crippen LogP) is 2.36. The number of sulfonamides is 1. The summed E-state index contributed by atoms with van der Waals surface area (Å²) >= 11 is 0. The first-order chi connectivity index (χ1) is 12.1. The third kappa shape index (κ3) is 3.32. The Labute approximate surface area is 159 Å². The number of fused-ring (bicyclic) bond motifs is 1. The number of halogens is 2. The molecule has 0 saturated carbocycles. The van der Waals surface area contributed by atoms with Crippen LogP contribution in [0.15, 0.2) is 47.4 Å². The van der Waals surface area contributed by atoms with Crippen LogP contribution in [0.3, 0.4) is 0 Å². The van der Waals surface area contributed by atoms with Crippen molar-refractivity contribution >= 4 is 28.1 Å². The Balaban J connectivity index is 0.00000196. The fourth-order valence-electron chi connectivity index (χ4n) is 3.54. The van der Waals surface area contributed by atoms with Crippen LogP contribution in [0.25, 0.3) is 0 Å². The normalized spacial score (nSPS) is 17.7. The minimum absolute atomic E-state index is 0. The van der Waals surface area contributed by atoms with E-state index >= 15 is 0 Å². The molecule has 0 radical (unpaired) electrons. The van der Waals surface area contributed by atoms with Crippen LogP contribution in [0, 0.1) is 5.82 Å². The van der Waals surface area contributed by atoms with Crippen LogP contribution in [0.4, 0.5) is 10.1 Å². The van der Waals surface area contributed by atoms with Gasteiger partial charge >= 0.3 is 0 Å². The molecule has 4 rings (SSSR count). The van der Waals surface area contributed by atoms with Crippen LogP contribution in [-0.2, 0) is 23.1 Å². The highest BCUT2D eigenvalue weighted by Gasteiger charge is 2.34. The fourth-order valence-corrected chi connectivity index (χ4v) is 4.99. The molecule has 0 aliphatic carbocycles. The van der Waals surface area contributed by atoms with Crippen molar-refractivity contribution in [1.82, 2.24) is 9.62 Å². The lowest BCUT2D eigenvalue weighted by Crippen LogP contribution is -2.44. The molecule has 0 aromatic heterocycles. The lowest BCUT2D eigenvalue weighted by Gasteiger charge is -2.31. The summed E-state index contributed by atoms with van der Waals surface area (Å²) in [5.41, 5.74) is 3.12. The smallest absolute Gasteiger partial charge is 0.246 e. The van der Waals surface area contributed by atoms with Crippen molar-refractivity contribution in [3.05, 3.63) is 59.4 Å². The zero-order valence-electron chi connectivity index (χ0n) is 14.2. The Kier molecular flexibility index (Phi) is 5.53. The summed E-state index contributed by atoms with van der Waals surface area (Å²) in [6.07, 6.45) is 0. The summed E-state index contributed by atoms with van der Waals surface area (Å²) in [7, 11) is -3.86. The van der Waals surface area contributed by atoms with Gasteiger partial charge in [-0.2, -0.15) is 4.31 Å². The third-order valence-electron chi connectivity index (χ3n) is 4.84. The van der Waals surface area contributed by atoms with Gasteiger partial charge in [-0.3, -0.25) is 0 Å². The van der Waals surface area contributed by atoms with E-state index in [1.807, 2.05) is 18.2 Å². The summed E-state index contributed by atoms with van der Waals surface area (Å²) in [6.45, 7) is 4.20. The van der Waals surface area contributed by atoms with Gasteiger partial charge in [0.25, 0.3) is 0 Å². The summed E-state index contributed by atoms with van der Waals surface area (Å²) in [6, 6.07) is 11.5. The van der Waals surface area contributed by atoms with Gasteiger partial charge < -0.3 is 10.2 Å². The Morgan fingerprint density at radius 1 is 0.962 bits per heavy atom. The first-order valence-electron chi connectivity index (χ1n) is 8.38. The number of piperazine rings is 1. The minimum atomic E-state index is -3.86. The molecular formula is C18H21ClFN3O2S. The monoisotopic (exact) mass is 397 g/mol. The van der Waals surface area contributed by atoms with E-state index in [9.17, 15) is 12.8 Å². The zero-order chi connectivity index (χ0) is 17.4. The van der Waals surface area contributed by atoms with E-state index < -0.39 is 15.8 Å². The summed E-state index contributed by atoms with van der Waals surface area (Å²) < 4.78 is 41.1. The highest BCUT2D eigenvalue weighted by Crippen LogP contribution is 2.35. The zero-order valence-corrected chi connectivity index (χ0v) is 15.8. The van der Waals surface area contributed by atoms with E-state index in [1.165, 1.54) is 22.5 Å². The maximum absolute atomic E-state index is 14.0. The van der Waals surface area contributed by atoms with Crippen molar-refractivity contribution in [2.45, 2.75) is 18.0 Å². The number of hydrogen-bond acceptors (Lipinski definition) is 4. The predicted molar refractivity (Wildman–Crippen MR) is 102 cm³/mol. The van der Waals surface area contributed by atoms with Gasteiger partial charge in [-0.15, -0.1) is 12.4 Å². The molecule has 2 aliphatic heterocycles. The molecule has 0 spiro atoms. The molecule has 1 fully saturated rings. The van der Waals surface area contributed by atoms with E-state index in [4.69, 9.17) is 0 Å². The van der Waals surface area contributed by atoms with Crippen LogP contribution in [0.5, 0.6) is 0 Å². The highest BCUT2D eigenvalue weighted by molar-refractivity contribution is 7.89. The van der Waals surface area contributed by atoms with Crippen LogP contribution >= 0.6 is 12.4 Å². The van der Waals surface area contributed by atoms with Crippen LogP contribution in [0.1, 0.15) is 11.1 Å². The average Bonchev–Trinajstić information content (AvgIpc) is 3.08. The molecule has 1 saturated heterocycles. The van der Waals surface area contributed by atoms with Crippen molar-refractivity contribution in [2.75, 3.05) is 31.1 Å². The minimum Gasteiger partial charge on any atom is -0.369 e. The van der Waals surface area contributed by atoms with Crippen LogP contribution in [-0.4, -0.2) is 38.9 Å². The quantitative estimate of drug-likeness (QED) is 0.863. The molecule has 0 bridgehead atoms. The summed E-state index contributed by atoms with van der Waals surface area (Å²) in [5.74, 6) is -0.708. The Bertz CT molecular complexity index is 901. The van der Waals surface area contributed by atoms with Gasteiger partial charge in [0.2, 0.25) is 10.0 Å². The lowest BCUT2D eigenvalue weighted by molar-refractivity contribution is 0.426. The molecular weight excluding hydrogens is 377 g/mol. The summed E-state index contributed by atoms with van der Waals surface area (Å²) in [4.78, 5) is 2.03. The third-order valence-corrected chi connectivity index (χ3v) is 6.67. The molecule has 26 heavy (non-hydrogen) atoms. The van der Waals surface area contributed by atoms with Crippen molar-refractivity contribution in [3.63, 3.8) is 0 Å². The molecule has 2 aromatic carbocycles. The molecule has 0 unspecified atom stereocenters. The maximum atomic E-state index is 14.0. The Morgan fingerprint density at radius 2 is 1.69 bits per heavy atom. The number of rotatable bonds is 3. The highest BCUT2D eigenvalue weighted by atomic mass is 35.5. The van der Waals surface area contributed by atoms with Gasteiger partial charge in [0, 0.05) is 45.0 Å². The van der Waals surface area contributed by atoms with Crippen molar-refractivity contribution < 1.29 is 12.8 Å². The lowest BCUT2D eigenvalue weighted by atomic mass is 10.1. The van der Waals surface area contributed by atoms with E-state index in [1.54, 1.807) is 6.07 Å². The van der Waals surface area contributed by atoms with Crippen molar-refractivity contribution in [1.29, 1.82) is 0 Å². The topological polar surface area (TPSA) is 52.7 Å². The van der Waals surface area contributed by atoms with Gasteiger partial charge in [-0.25, -0.2) is 12.8 Å². The molecule has 2 aliphatic rings. The molecule has 0 atom stereocenters. The summed E-state index contributed by atoms with van der Waals surface area (Å²) in [5, 5.41) is 3.32. The molecule has 5 nitrogen and oxygen atoms in total. The van der Waals surface area contributed by atoms with E-state index in [0.29, 0.717) is 0 Å². The second kappa shape index (κ2) is 7.52. The number of nitrogens with zero attached hydrogens (tertiary/aromatic N) is 2. The first-order valence-corrected chi connectivity index (χ1v) is 9.82. The molecule has 1 N–H and O–H groups in total. The Morgan fingerprint density at radius 3 is 2.42 bits per heavy atom. The molecule has 2 aromatic rings. The van der Waals surface area contributed by atoms with Crippen molar-refractivity contribution in [2.24, 2.45) is 0 Å². The molecule has 0 amide bonds. The molecule has 140 valence electrons. The number of benzene rings is 2. The number of hydrogen-bond donors (Lipinski definition) is 1. The van der Waals surface area contributed by atoms with Crippen molar-refractivity contribution in [3.8, 4) is 0 Å². The standard InChI is InChI=1S/C18H20FN3O2S.ClH/c19-16-5-1-2-7-18(16)25(23,24)22-12-14-4-3-6-17(15(14)13-22)21-10-8-20-9-11-21;/h1-7,20H,8-13H2;1H. The number of nitrogens with one attached hydrogen (secondary N) is 1. The molecule has 2 heterocycles.